The monoisotopic (exact) mass is 375 g/mol. The van der Waals surface area contributed by atoms with E-state index in [1.165, 1.54) is 18.2 Å². The number of allylic oxidation sites excluding steroid dienone is 6. The highest BCUT2D eigenvalue weighted by atomic mass is 16.1. The van der Waals surface area contributed by atoms with Crippen molar-refractivity contribution in [2.45, 2.75) is 44.7 Å². The molecule has 1 aromatic heterocycles. The highest BCUT2D eigenvalue weighted by Gasteiger charge is 2.23. The van der Waals surface area contributed by atoms with E-state index in [0.29, 0.717) is 6.04 Å². The zero-order valence-corrected chi connectivity index (χ0v) is 16.5. The first-order chi connectivity index (χ1) is 13.8. The molecule has 2 unspecified atom stereocenters. The largest absolute Gasteiger partial charge is 0.381 e. The van der Waals surface area contributed by atoms with Crippen molar-refractivity contribution in [2.75, 3.05) is 11.9 Å². The lowest BCUT2D eigenvalue weighted by atomic mass is 10.1. The van der Waals surface area contributed by atoms with E-state index >= 15 is 0 Å². The number of carbonyl (C=O) groups is 1. The normalized spacial score (nSPS) is 20.8. The highest BCUT2D eigenvalue weighted by molar-refractivity contribution is 5.84. The molecule has 0 bridgehead atoms. The van der Waals surface area contributed by atoms with Crippen LogP contribution in [0.2, 0.25) is 0 Å². The lowest BCUT2D eigenvalue weighted by Gasteiger charge is -2.13. The molecule has 0 amide bonds. The number of fused-ring (bicyclic) bond motifs is 1. The van der Waals surface area contributed by atoms with Gasteiger partial charge in [-0.15, -0.1) is 0 Å². The SMILES string of the molecule is CCCC1=CC=CC=CC1.O=CC1CC(Nc2ccc3cnccc3c2)CN1. The number of aldehydes is 1. The van der Waals surface area contributed by atoms with Crippen molar-refractivity contribution >= 4 is 22.7 Å². The van der Waals surface area contributed by atoms with Gasteiger partial charge in [0, 0.05) is 36.1 Å². The summed E-state index contributed by atoms with van der Waals surface area (Å²) in [5, 5.41) is 8.94. The maximum Gasteiger partial charge on any atom is 0.136 e. The van der Waals surface area contributed by atoms with Crippen molar-refractivity contribution in [2.24, 2.45) is 0 Å². The molecule has 4 nitrogen and oxygen atoms in total. The summed E-state index contributed by atoms with van der Waals surface area (Å²) in [5.41, 5.74) is 2.64. The Labute approximate surface area is 167 Å². The number of carbonyl (C=O) groups excluding carboxylic acids is 1. The van der Waals surface area contributed by atoms with Gasteiger partial charge >= 0.3 is 0 Å². The maximum absolute atomic E-state index is 10.7. The third kappa shape index (κ3) is 5.89. The highest BCUT2D eigenvalue weighted by Crippen LogP contribution is 2.20. The summed E-state index contributed by atoms with van der Waals surface area (Å²) in [6.07, 6.45) is 19.9. The molecule has 2 aliphatic rings. The maximum atomic E-state index is 10.7. The fourth-order valence-corrected chi connectivity index (χ4v) is 3.52. The number of pyridine rings is 1. The first-order valence-corrected chi connectivity index (χ1v) is 10.1. The van der Waals surface area contributed by atoms with Crippen LogP contribution in [0.3, 0.4) is 0 Å². The number of rotatable bonds is 5. The van der Waals surface area contributed by atoms with Crippen molar-refractivity contribution in [3.63, 3.8) is 0 Å². The van der Waals surface area contributed by atoms with Crippen molar-refractivity contribution in [1.82, 2.24) is 10.3 Å². The van der Waals surface area contributed by atoms with Crippen LogP contribution in [-0.2, 0) is 4.79 Å². The van der Waals surface area contributed by atoms with Crippen LogP contribution in [-0.4, -0.2) is 29.9 Å². The lowest BCUT2D eigenvalue weighted by Crippen LogP contribution is -2.23. The number of nitrogens with zero attached hydrogens (tertiary/aromatic N) is 1. The molecule has 1 saturated heterocycles. The number of benzene rings is 1. The molecule has 1 aromatic carbocycles. The average molecular weight is 376 g/mol. The second kappa shape index (κ2) is 10.6. The number of nitrogens with one attached hydrogen (secondary N) is 2. The van der Waals surface area contributed by atoms with Crippen LogP contribution in [0.25, 0.3) is 10.8 Å². The van der Waals surface area contributed by atoms with Crippen LogP contribution in [0, 0.1) is 0 Å². The standard InChI is InChI=1S/C14H15N3O.C10H14/c18-9-14-6-13(8-16-14)17-12-2-1-11-7-15-4-3-10(11)5-12;1-2-7-10-8-5-3-4-6-9-10/h1-5,7,9,13-14,16-17H,6,8H2;3-6,8H,2,7,9H2,1H3. The summed E-state index contributed by atoms with van der Waals surface area (Å²) < 4.78 is 0. The van der Waals surface area contributed by atoms with Gasteiger partial charge in [-0.2, -0.15) is 0 Å². The minimum absolute atomic E-state index is 0.00726. The Hall–Kier alpha value is -2.72. The van der Waals surface area contributed by atoms with Gasteiger partial charge in [0.15, 0.2) is 0 Å². The van der Waals surface area contributed by atoms with Crippen molar-refractivity contribution in [3.8, 4) is 0 Å². The molecule has 1 aliphatic heterocycles. The van der Waals surface area contributed by atoms with Crippen LogP contribution in [0.5, 0.6) is 0 Å². The molecule has 2 N–H and O–H groups in total. The first-order valence-electron chi connectivity index (χ1n) is 10.1. The van der Waals surface area contributed by atoms with Crippen molar-refractivity contribution < 1.29 is 4.79 Å². The Kier molecular flexibility index (Phi) is 7.56. The predicted octanol–water partition coefficient (Wildman–Crippen LogP) is 4.81. The molecule has 1 aliphatic carbocycles. The Bertz CT molecular complexity index is 869. The molecule has 0 saturated carbocycles. The van der Waals surface area contributed by atoms with Gasteiger partial charge in [-0.25, -0.2) is 0 Å². The van der Waals surface area contributed by atoms with Crippen LogP contribution >= 0.6 is 0 Å². The Morgan fingerprint density at radius 3 is 2.96 bits per heavy atom. The number of hydrogen-bond acceptors (Lipinski definition) is 4. The van der Waals surface area contributed by atoms with E-state index in [-0.39, 0.29) is 6.04 Å². The number of hydrogen-bond donors (Lipinski definition) is 2. The van der Waals surface area contributed by atoms with Gasteiger partial charge in [0.05, 0.1) is 6.04 Å². The molecule has 0 radical (unpaired) electrons. The molecular weight excluding hydrogens is 346 g/mol. The third-order valence-electron chi connectivity index (χ3n) is 4.98. The molecule has 2 atom stereocenters. The van der Waals surface area contributed by atoms with E-state index < -0.39 is 0 Å². The van der Waals surface area contributed by atoms with Crippen LogP contribution in [0.1, 0.15) is 32.6 Å². The predicted molar refractivity (Wildman–Crippen MR) is 118 cm³/mol. The third-order valence-corrected chi connectivity index (χ3v) is 4.98. The van der Waals surface area contributed by atoms with E-state index in [4.69, 9.17) is 0 Å². The van der Waals surface area contributed by atoms with E-state index in [1.807, 2.05) is 12.3 Å². The van der Waals surface area contributed by atoms with E-state index in [0.717, 1.165) is 36.7 Å². The molecule has 28 heavy (non-hydrogen) atoms. The summed E-state index contributed by atoms with van der Waals surface area (Å²) in [6.45, 7) is 3.05. The fourth-order valence-electron chi connectivity index (χ4n) is 3.52. The zero-order valence-electron chi connectivity index (χ0n) is 16.5. The molecule has 2 heterocycles. The van der Waals surface area contributed by atoms with Gasteiger partial charge in [-0.3, -0.25) is 4.98 Å². The lowest BCUT2D eigenvalue weighted by molar-refractivity contribution is -0.109. The van der Waals surface area contributed by atoms with Gasteiger partial charge in [0.25, 0.3) is 0 Å². The van der Waals surface area contributed by atoms with E-state index in [9.17, 15) is 4.79 Å². The Morgan fingerprint density at radius 1 is 1.21 bits per heavy atom. The summed E-state index contributed by atoms with van der Waals surface area (Å²) in [6, 6.07) is 8.54. The summed E-state index contributed by atoms with van der Waals surface area (Å²) in [4.78, 5) is 14.8. The number of aromatic nitrogens is 1. The summed E-state index contributed by atoms with van der Waals surface area (Å²) >= 11 is 0. The second-order valence-electron chi connectivity index (χ2n) is 7.26. The van der Waals surface area contributed by atoms with Crippen molar-refractivity contribution in [3.05, 3.63) is 72.6 Å². The van der Waals surface area contributed by atoms with Crippen LogP contribution in [0.4, 0.5) is 5.69 Å². The van der Waals surface area contributed by atoms with Gasteiger partial charge in [-0.05, 0) is 42.8 Å². The average Bonchev–Trinajstić information content (AvgIpc) is 3.02. The van der Waals surface area contributed by atoms with Crippen LogP contribution < -0.4 is 10.6 Å². The number of anilines is 1. The summed E-state index contributed by atoms with van der Waals surface area (Å²) in [5.74, 6) is 0. The second-order valence-corrected chi connectivity index (χ2v) is 7.26. The molecule has 146 valence electrons. The van der Waals surface area contributed by atoms with Gasteiger partial charge in [-0.1, -0.05) is 55.4 Å². The van der Waals surface area contributed by atoms with Crippen LogP contribution in [0.15, 0.2) is 72.6 Å². The van der Waals surface area contributed by atoms with Gasteiger partial charge < -0.3 is 15.4 Å². The fraction of sp³-hybridized carbons (Fsp3) is 0.333. The van der Waals surface area contributed by atoms with Gasteiger partial charge in [0.1, 0.15) is 6.29 Å². The minimum atomic E-state index is -0.00726. The quantitative estimate of drug-likeness (QED) is 0.737. The van der Waals surface area contributed by atoms with E-state index in [1.54, 1.807) is 11.8 Å². The minimum Gasteiger partial charge on any atom is -0.381 e. The van der Waals surface area contributed by atoms with E-state index in [2.05, 4.69) is 71.1 Å². The molecule has 4 rings (SSSR count). The topological polar surface area (TPSA) is 54.0 Å². The molecule has 4 heteroatoms. The molecule has 0 spiro atoms. The summed E-state index contributed by atoms with van der Waals surface area (Å²) in [7, 11) is 0. The van der Waals surface area contributed by atoms with Gasteiger partial charge in [0.2, 0.25) is 0 Å². The Morgan fingerprint density at radius 2 is 2.14 bits per heavy atom. The zero-order chi connectivity index (χ0) is 19.6. The van der Waals surface area contributed by atoms with Crippen molar-refractivity contribution in [1.29, 1.82) is 0 Å². The molecule has 2 aromatic rings. The molecule has 1 fully saturated rings. The Balaban J connectivity index is 0.000000192. The molecular formula is C24H29N3O. The first kappa shape index (κ1) is 20.0. The smallest absolute Gasteiger partial charge is 0.136 e.